The van der Waals surface area contributed by atoms with E-state index in [1.54, 1.807) is 31.4 Å². The molecule has 126 valence electrons. The molecule has 3 rings (SSSR count). The van der Waals surface area contributed by atoms with E-state index in [-0.39, 0.29) is 5.91 Å². The number of carbonyl (C=O) groups excluding carboxylic acids is 1. The van der Waals surface area contributed by atoms with Crippen LogP contribution in [0.4, 0.5) is 5.69 Å². The number of rotatable bonds is 3. The highest BCUT2D eigenvalue weighted by Crippen LogP contribution is 2.36. The summed E-state index contributed by atoms with van der Waals surface area (Å²) >= 11 is 16.2. The molecule has 0 bridgehead atoms. The topological polar surface area (TPSA) is 50.4 Å². The molecule has 0 saturated heterocycles. The Labute approximate surface area is 158 Å². The first-order valence-corrected chi connectivity index (χ1v) is 8.91. The molecule has 4 nitrogen and oxygen atoms in total. The lowest BCUT2D eigenvalue weighted by molar-refractivity contribution is 0.102. The van der Waals surface area contributed by atoms with E-state index in [9.17, 15) is 4.79 Å². The Morgan fingerprint density at radius 2 is 2.08 bits per heavy atom. The van der Waals surface area contributed by atoms with Crippen LogP contribution in [0.3, 0.4) is 0 Å². The zero-order valence-electron chi connectivity index (χ0n) is 12.9. The van der Waals surface area contributed by atoms with Crippen molar-refractivity contribution < 1.29 is 9.53 Å². The van der Waals surface area contributed by atoms with E-state index in [0.717, 1.165) is 24.1 Å². The van der Waals surface area contributed by atoms with Gasteiger partial charge in [-0.3, -0.25) is 4.79 Å². The Morgan fingerprint density at radius 1 is 1.29 bits per heavy atom. The van der Waals surface area contributed by atoms with Crippen molar-refractivity contribution in [2.75, 3.05) is 19.0 Å². The molecule has 0 radical (unpaired) electrons. The first-order valence-electron chi connectivity index (χ1n) is 7.36. The van der Waals surface area contributed by atoms with Gasteiger partial charge < -0.3 is 15.4 Å². The lowest BCUT2D eigenvalue weighted by Gasteiger charge is -2.22. The van der Waals surface area contributed by atoms with Gasteiger partial charge in [-0.2, -0.15) is 0 Å². The molecule has 1 aliphatic heterocycles. The number of hydrogen-bond donors (Lipinski definition) is 2. The Hall–Kier alpha value is -1.27. The SMILES string of the molecule is COc1ccc(C(=O)Nc2cc(Cl)c3c(c2Cl)CNCC3)cc1Br. The molecular formula is C17H15BrCl2N2O2. The van der Waals surface area contributed by atoms with Crippen LogP contribution < -0.4 is 15.4 Å². The molecule has 2 N–H and O–H groups in total. The van der Waals surface area contributed by atoms with Gasteiger partial charge in [0, 0.05) is 17.1 Å². The van der Waals surface area contributed by atoms with Gasteiger partial charge >= 0.3 is 0 Å². The molecule has 1 amide bonds. The molecule has 2 aromatic carbocycles. The van der Waals surface area contributed by atoms with E-state index in [0.29, 0.717) is 38.1 Å². The average Bonchev–Trinajstić information content (AvgIpc) is 2.59. The number of carbonyl (C=O) groups is 1. The molecule has 2 aromatic rings. The van der Waals surface area contributed by atoms with Crippen LogP contribution in [0.15, 0.2) is 28.7 Å². The maximum Gasteiger partial charge on any atom is 0.255 e. The summed E-state index contributed by atoms with van der Waals surface area (Å²) in [4.78, 5) is 12.5. The predicted octanol–water partition coefficient (Wildman–Crippen LogP) is 4.66. The fourth-order valence-electron chi connectivity index (χ4n) is 2.69. The number of anilines is 1. The van der Waals surface area contributed by atoms with E-state index < -0.39 is 0 Å². The maximum absolute atomic E-state index is 12.5. The van der Waals surface area contributed by atoms with Crippen LogP contribution in [-0.2, 0) is 13.0 Å². The second kappa shape index (κ2) is 7.31. The molecule has 1 aliphatic rings. The van der Waals surface area contributed by atoms with E-state index in [1.165, 1.54) is 0 Å². The van der Waals surface area contributed by atoms with Crippen molar-refractivity contribution in [3.8, 4) is 5.75 Å². The van der Waals surface area contributed by atoms with Crippen molar-refractivity contribution in [1.82, 2.24) is 5.32 Å². The third-order valence-corrected chi connectivity index (χ3v) is 5.33. The summed E-state index contributed by atoms with van der Waals surface area (Å²) in [5.41, 5.74) is 3.00. The number of halogens is 3. The van der Waals surface area contributed by atoms with Gasteiger partial charge in [0.05, 0.1) is 22.3 Å². The first kappa shape index (κ1) is 17.5. The lowest BCUT2D eigenvalue weighted by Crippen LogP contribution is -2.25. The van der Waals surface area contributed by atoms with E-state index in [1.807, 2.05) is 0 Å². The number of fused-ring (bicyclic) bond motifs is 1. The fraction of sp³-hybridized carbons (Fsp3) is 0.235. The quantitative estimate of drug-likeness (QED) is 0.745. The zero-order valence-corrected chi connectivity index (χ0v) is 16.0. The number of hydrogen-bond acceptors (Lipinski definition) is 3. The predicted molar refractivity (Wildman–Crippen MR) is 101 cm³/mol. The molecule has 0 unspecified atom stereocenters. The number of ether oxygens (including phenoxy) is 1. The van der Waals surface area contributed by atoms with Gasteiger partial charge in [-0.1, -0.05) is 23.2 Å². The summed E-state index contributed by atoms with van der Waals surface area (Å²) < 4.78 is 5.88. The smallest absolute Gasteiger partial charge is 0.255 e. The molecule has 0 aliphatic carbocycles. The molecule has 24 heavy (non-hydrogen) atoms. The second-order valence-electron chi connectivity index (χ2n) is 5.41. The molecule has 0 spiro atoms. The standard InChI is InChI=1S/C17H15BrCl2N2O2/c1-24-15-3-2-9(6-12(15)18)17(23)22-14-7-13(19)10-4-5-21-8-11(10)16(14)20/h2-3,6-7,21H,4-5,8H2,1H3,(H,22,23). The summed E-state index contributed by atoms with van der Waals surface area (Å²) in [6.45, 7) is 1.51. The number of nitrogens with one attached hydrogen (secondary N) is 2. The van der Waals surface area contributed by atoms with E-state index >= 15 is 0 Å². The molecule has 7 heteroatoms. The van der Waals surface area contributed by atoms with Crippen LogP contribution in [0.5, 0.6) is 5.75 Å². The Morgan fingerprint density at radius 3 is 2.79 bits per heavy atom. The molecule has 0 aromatic heterocycles. The highest BCUT2D eigenvalue weighted by atomic mass is 79.9. The van der Waals surface area contributed by atoms with Crippen molar-refractivity contribution in [1.29, 1.82) is 0 Å². The summed E-state index contributed by atoms with van der Waals surface area (Å²) in [6.07, 6.45) is 0.827. The van der Waals surface area contributed by atoms with Crippen LogP contribution in [0.25, 0.3) is 0 Å². The molecule has 0 atom stereocenters. The molecule has 0 saturated carbocycles. The summed E-state index contributed by atoms with van der Waals surface area (Å²) in [7, 11) is 1.57. The largest absolute Gasteiger partial charge is 0.496 e. The van der Waals surface area contributed by atoms with Crippen LogP contribution in [0.2, 0.25) is 10.0 Å². The third-order valence-electron chi connectivity index (χ3n) is 3.94. The summed E-state index contributed by atoms with van der Waals surface area (Å²) in [5, 5.41) is 7.26. The molecular weight excluding hydrogens is 415 g/mol. The molecule has 0 fully saturated rings. The highest BCUT2D eigenvalue weighted by molar-refractivity contribution is 9.10. The minimum absolute atomic E-state index is 0.264. The number of benzene rings is 2. The Kier molecular flexibility index (Phi) is 5.35. The minimum Gasteiger partial charge on any atom is -0.496 e. The van der Waals surface area contributed by atoms with Gasteiger partial charge in [-0.15, -0.1) is 0 Å². The van der Waals surface area contributed by atoms with Crippen LogP contribution in [0, 0.1) is 0 Å². The van der Waals surface area contributed by atoms with Crippen LogP contribution in [0.1, 0.15) is 21.5 Å². The van der Waals surface area contributed by atoms with Gasteiger partial charge in [0.25, 0.3) is 5.91 Å². The minimum atomic E-state index is -0.264. The van der Waals surface area contributed by atoms with Crippen molar-refractivity contribution in [3.63, 3.8) is 0 Å². The Balaban J connectivity index is 1.89. The number of amides is 1. The number of methoxy groups -OCH3 is 1. The zero-order chi connectivity index (χ0) is 17.3. The molecule has 1 heterocycles. The van der Waals surface area contributed by atoms with Gasteiger partial charge in [-0.25, -0.2) is 0 Å². The van der Waals surface area contributed by atoms with Crippen molar-refractivity contribution in [2.24, 2.45) is 0 Å². The second-order valence-corrected chi connectivity index (χ2v) is 7.05. The maximum atomic E-state index is 12.5. The highest BCUT2D eigenvalue weighted by Gasteiger charge is 2.20. The van der Waals surface area contributed by atoms with Crippen LogP contribution >= 0.6 is 39.1 Å². The van der Waals surface area contributed by atoms with Gasteiger partial charge in [0.2, 0.25) is 0 Å². The van der Waals surface area contributed by atoms with Gasteiger partial charge in [-0.05, 0) is 64.3 Å². The average molecular weight is 430 g/mol. The Bertz CT molecular complexity index is 812. The van der Waals surface area contributed by atoms with E-state index in [4.69, 9.17) is 27.9 Å². The van der Waals surface area contributed by atoms with Crippen LogP contribution in [-0.4, -0.2) is 19.6 Å². The van der Waals surface area contributed by atoms with Crippen molar-refractivity contribution in [3.05, 3.63) is 55.5 Å². The van der Waals surface area contributed by atoms with Gasteiger partial charge in [0.15, 0.2) is 0 Å². The monoisotopic (exact) mass is 428 g/mol. The van der Waals surface area contributed by atoms with Crippen molar-refractivity contribution in [2.45, 2.75) is 13.0 Å². The first-order chi connectivity index (χ1) is 11.5. The van der Waals surface area contributed by atoms with Gasteiger partial charge in [0.1, 0.15) is 5.75 Å². The normalized spacial score (nSPS) is 13.3. The lowest BCUT2D eigenvalue weighted by atomic mass is 10.00. The van der Waals surface area contributed by atoms with Crippen molar-refractivity contribution >= 4 is 50.7 Å². The van der Waals surface area contributed by atoms with E-state index in [2.05, 4.69) is 26.6 Å². The third kappa shape index (κ3) is 3.40. The summed E-state index contributed by atoms with van der Waals surface area (Å²) in [6, 6.07) is 6.83. The summed E-state index contributed by atoms with van der Waals surface area (Å²) in [5.74, 6) is 0.396. The fourth-order valence-corrected chi connectivity index (χ4v) is 3.83.